The van der Waals surface area contributed by atoms with E-state index >= 15 is 0 Å². The van der Waals surface area contributed by atoms with Gasteiger partial charge in [-0.25, -0.2) is 9.18 Å². The Kier molecular flexibility index (Phi) is 6.52. The molecule has 0 aliphatic heterocycles. The predicted molar refractivity (Wildman–Crippen MR) is 96.6 cm³/mol. The fourth-order valence-corrected chi connectivity index (χ4v) is 3.54. The first kappa shape index (κ1) is 18.9. The summed E-state index contributed by atoms with van der Waals surface area (Å²) in [7, 11) is 0. The molecule has 2 aromatic rings. The van der Waals surface area contributed by atoms with Crippen molar-refractivity contribution in [2.24, 2.45) is 5.73 Å². The van der Waals surface area contributed by atoms with E-state index in [0.717, 1.165) is 10.4 Å². The van der Waals surface area contributed by atoms with Crippen molar-refractivity contribution in [3.05, 3.63) is 58.0 Å². The fourth-order valence-electron chi connectivity index (χ4n) is 2.76. The fraction of sp³-hybridized carbons (Fsp3) is 0.333. The highest BCUT2D eigenvalue weighted by atomic mass is 32.1. The zero-order valence-corrected chi connectivity index (χ0v) is 15.1. The summed E-state index contributed by atoms with van der Waals surface area (Å²) in [5, 5.41) is 4.51. The van der Waals surface area contributed by atoms with Gasteiger partial charge >= 0.3 is 6.03 Å². The van der Waals surface area contributed by atoms with Crippen LogP contribution in [-0.4, -0.2) is 23.4 Å². The molecule has 3 N–H and O–H groups in total. The highest BCUT2D eigenvalue weighted by Gasteiger charge is 2.25. The topological polar surface area (TPSA) is 75.4 Å². The van der Waals surface area contributed by atoms with Gasteiger partial charge in [-0.3, -0.25) is 4.79 Å². The Morgan fingerprint density at radius 3 is 2.48 bits per heavy atom. The Bertz CT molecular complexity index is 704. The van der Waals surface area contributed by atoms with Crippen molar-refractivity contribution in [2.45, 2.75) is 32.4 Å². The van der Waals surface area contributed by atoms with Gasteiger partial charge in [-0.05, 0) is 43.0 Å². The van der Waals surface area contributed by atoms with Gasteiger partial charge in [0, 0.05) is 11.4 Å². The molecule has 0 unspecified atom stereocenters. The summed E-state index contributed by atoms with van der Waals surface area (Å²) in [5.74, 6) is -0.416. The van der Waals surface area contributed by atoms with Gasteiger partial charge < -0.3 is 16.0 Å². The molecular formula is C18H22FN3O2S. The van der Waals surface area contributed by atoms with Crippen molar-refractivity contribution in [1.29, 1.82) is 0 Å². The van der Waals surface area contributed by atoms with Crippen LogP contribution in [0.1, 0.15) is 42.8 Å². The standard InChI is InChI=1S/C18H22FN3O2S/c1-3-22(12(2)13-6-8-14(19)9-7-13)17(23)11-15(21-18(20)24)16-5-4-10-25-16/h4-10,12,15H,3,11H2,1-2H3,(H3,20,21,24)/t12-,15-/m1/s1. The quantitative estimate of drug-likeness (QED) is 0.789. The van der Waals surface area contributed by atoms with Gasteiger partial charge in [-0.1, -0.05) is 18.2 Å². The number of hydrogen-bond acceptors (Lipinski definition) is 3. The highest BCUT2D eigenvalue weighted by Crippen LogP contribution is 2.26. The van der Waals surface area contributed by atoms with E-state index in [2.05, 4.69) is 5.32 Å². The van der Waals surface area contributed by atoms with Gasteiger partial charge in [0.15, 0.2) is 0 Å². The summed E-state index contributed by atoms with van der Waals surface area (Å²) in [6.45, 7) is 4.29. The molecule has 0 aliphatic rings. The smallest absolute Gasteiger partial charge is 0.312 e. The first-order valence-electron chi connectivity index (χ1n) is 8.06. The molecule has 2 atom stereocenters. The summed E-state index contributed by atoms with van der Waals surface area (Å²) >= 11 is 1.46. The third-order valence-corrected chi connectivity index (χ3v) is 5.05. The lowest BCUT2D eigenvalue weighted by molar-refractivity contribution is -0.133. The molecule has 1 aromatic heterocycles. The van der Waals surface area contributed by atoms with E-state index in [-0.39, 0.29) is 24.2 Å². The lowest BCUT2D eigenvalue weighted by Crippen LogP contribution is -2.39. The molecule has 0 saturated carbocycles. The van der Waals surface area contributed by atoms with Crippen LogP contribution >= 0.6 is 11.3 Å². The maximum absolute atomic E-state index is 13.1. The van der Waals surface area contributed by atoms with Crippen LogP contribution in [0.5, 0.6) is 0 Å². The van der Waals surface area contributed by atoms with Crippen molar-refractivity contribution in [3.63, 3.8) is 0 Å². The van der Waals surface area contributed by atoms with Crippen LogP contribution in [0.15, 0.2) is 41.8 Å². The molecule has 0 fully saturated rings. The molecule has 25 heavy (non-hydrogen) atoms. The molecule has 3 amide bonds. The molecule has 134 valence electrons. The third kappa shape index (κ3) is 5.03. The molecule has 0 saturated heterocycles. The zero-order chi connectivity index (χ0) is 18.4. The molecule has 0 spiro atoms. The van der Waals surface area contributed by atoms with Crippen LogP contribution < -0.4 is 11.1 Å². The van der Waals surface area contributed by atoms with Gasteiger partial charge in [-0.15, -0.1) is 11.3 Å². The van der Waals surface area contributed by atoms with Gasteiger partial charge in [-0.2, -0.15) is 0 Å². The van der Waals surface area contributed by atoms with Crippen LogP contribution in [-0.2, 0) is 4.79 Å². The van der Waals surface area contributed by atoms with Crippen molar-refractivity contribution in [3.8, 4) is 0 Å². The van der Waals surface area contributed by atoms with Crippen molar-refractivity contribution in [2.75, 3.05) is 6.54 Å². The minimum Gasteiger partial charge on any atom is -0.352 e. The van der Waals surface area contributed by atoms with E-state index in [9.17, 15) is 14.0 Å². The Labute approximate surface area is 150 Å². The number of hydrogen-bond donors (Lipinski definition) is 2. The molecule has 0 radical (unpaired) electrons. The summed E-state index contributed by atoms with van der Waals surface area (Å²) in [4.78, 5) is 26.7. The Hall–Kier alpha value is -2.41. The maximum atomic E-state index is 13.1. The number of urea groups is 1. The SMILES string of the molecule is CCN(C(=O)C[C@@H](NC(N)=O)c1cccs1)[C@H](C)c1ccc(F)cc1. The van der Waals surface area contributed by atoms with E-state index in [1.165, 1.54) is 23.5 Å². The lowest BCUT2D eigenvalue weighted by Gasteiger charge is -2.30. The number of primary amides is 1. The molecule has 7 heteroatoms. The second-order valence-electron chi connectivity index (χ2n) is 5.69. The van der Waals surface area contributed by atoms with E-state index < -0.39 is 12.1 Å². The zero-order valence-electron chi connectivity index (χ0n) is 14.2. The molecular weight excluding hydrogens is 341 g/mol. The van der Waals surface area contributed by atoms with Crippen LogP contribution in [0.3, 0.4) is 0 Å². The summed E-state index contributed by atoms with van der Waals surface area (Å²) in [5.41, 5.74) is 6.10. The minimum absolute atomic E-state index is 0.105. The second-order valence-corrected chi connectivity index (χ2v) is 6.67. The number of halogens is 1. The molecule has 2 rings (SSSR count). The lowest BCUT2D eigenvalue weighted by atomic mass is 10.0. The maximum Gasteiger partial charge on any atom is 0.312 e. The third-order valence-electron chi connectivity index (χ3n) is 4.06. The van der Waals surface area contributed by atoms with E-state index in [1.54, 1.807) is 17.0 Å². The highest BCUT2D eigenvalue weighted by molar-refractivity contribution is 7.10. The number of thiophene rings is 1. The van der Waals surface area contributed by atoms with Crippen LogP contribution in [0.2, 0.25) is 0 Å². The largest absolute Gasteiger partial charge is 0.352 e. The average molecular weight is 363 g/mol. The van der Waals surface area contributed by atoms with Crippen LogP contribution in [0.25, 0.3) is 0 Å². The summed E-state index contributed by atoms with van der Waals surface area (Å²) in [6.07, 6.45) is 0.114. The van der Waals surface area contributed by atoms with Crippen LogP contribution in [0.4, 0.5) is 9.18 Å². The van der Waals surface area contributed by atoms with Crippen LogP contribution in [0, 0.1) is 5.82 Å². The molecule has 0 bridgehead atoms. The first-order valence-corrected chi connectivity index (χ1v) is 8.94. The van der Waals surface area contributed by atoms with Gasteiger partial charge in [0.2, 0.25) is 5.91 Å². The van der Waals surface area contributed by atoms with Crippen molar-refractivity contribution < 1.29 is 14.0 Å². The number of rotatable bonds is 7. The predicted octanol–water partition coefficient (Wildman–Crippen LogP) is 3.60. The van der Waals surface area contributed by atoms with E-state index in [1.807, 2.05) is 31.4 Å². The molecule has 1 aromatic carbocycles. The minimum atomic E-state index is -0.666. The number of carbonyl (C=O) groups is 2. The van der Waals surface area contributed by atoms with E-state index in [0.29, 0.717) is 6.54 Å². The van der Waals surface area contributed by atoms with Gasteiger partial charge in [0.25, 0.3) is 0 Å². The summed E-state index contributed by atoms with van der Waals surface area (Å²) < 4.78 is 13.1. The number of nitrogens with one attached hydrogen (secondary N) is 1. The molecule has 0 aliphatic carbocycles. The average Bonchev–Trinajstić information content (AvgIpc) is 3.09. The Balaban J connectivity index is 2.14. The Morgan fingerprint density at radius 1 is 1.28 bits per heavy atom. The molecule has 1 heterocycles. The van der Waals surface area contributed by atoms with Crippen molar-refractivity contribution in [1.82, 2.24) is 10.2 Å². The number of nitrogens with two attached hydrogens (primary N) is 1. The monoisotopic (exact) mass is 363 g/mol. The first-order chi connectivity index (χ1) is 11.9. The Morgan fingerprint density at radius 2 is 1.96 bits per heavy atom. The number of nitrogens with zero attached hydrogens (tertiary/aromatic N) is 1. The van der Waals surface area contributed by atoms with E-state index in [4.69, 9.17) is 5.73 Å². The number of amides is 3. The number of carbonyl (C=O) groups excluding carboxylic acids is 2. The van der Waals surface area contributed by atoms with Crippen molar-refractivity contribution >= 4 is 23.3 Å². The molecule has 5 nitrogen and oxygen atoms in total. The van der Waals surface area contributed by atoms with Gasteiger partial charge in [0.1, 0.15) is 5.82 Å². The number of benzene rings is 1. The normalized spacial score (nSPS) is 13.1. The van der Waals surface area contributed by atoms with Gasteiger partial charge in [0.05, 0.1) is 18.5 Å². The summed E-state index contributed by atoms with van der Waals surface area (Å²) in [6, 6.07) is 8.51. The second kappa shape index (κ2) is 8.62.